The van der Waals surface area contributed by atoms with Crippen LogP contribution in [0.5, 0.6) is 23.0 Å². The zero-order valence-electron chi connectivity index (χ0n) is 14.2. The number of hydrogen-bond acceptors (Lipinski definition) is 5. The zero-order valence-corrected chi connectivity index (χ0v) is 14.2. The molecule has 0 radical (unpaired) electrons. The summed E-state index contributed by atoms with van der Waals surface area (Å²) in [6.07, 6.45) is 0.752. The van der Waals surface area contributed by atoms with Crippen LogP contribution in [-0.4, -0.2) is 17.3 Å². The van der Waals surface area contributed by atoms with Crippen LogP contribution in [0.1, 0.15) is 30.1 Å². The first-order valence-corrected chi connectivity index (χ1v) is 8.61. The van der Waals surface area contributed by atoms with E-state index in [1.807, 2.05) is 36.4 Å². The van der Waals surface area contributed by atoms with Crippen LogP contribution in [0.4, 0.5) is 0 Å². The first kappa shape index (κ1) is 15.3. The van der Waals surface area contributed by atoms with E-state index in [1.54, 1.807) is 7.11 Å². The molecule has 1 unspecified atom stereocenters. The van der Waals surface area contributed by atoms with Crippen molar-refractivity contribution < 1.29 is 24.4 Å². The second kappa shape index (κ2) is 5.29. The van der Waals surface area contributed by atoms with Gasteiger partial charge in [-0.25, -0.2) is 0 Å². The summed E-state index contributed by atoms with van der Waals surface area (Å²) in [7, 11) is 1.59. The molecule has 0 amide bonds. The first-order valence-electron chi connectivity index (χ1n) is 8.61. The van der Waals surface area contributed by atoms with Gasteiger partial charge in [-0.05, 0) is 36.1 Å². The summed E-state index contributed by atoms with van der Waals surface area (Å²) in [6.45, 7) is 0. The second-order valence-corrected chi connectivity index (χ2v) is 6.72. The quantitative estimate of drug-likeness (QED) is 0.639. The predicted octanol–water partition coefficient (Wildman–Crippen LogP) is 4.36. The molecule has 0 bridgehead atoms. The summed E-state index contributed by atoms with van der Waals surface area (Å²) in [5.41, 5.74) is 0.951. The molecule has 0 saturated heterocycles. The minimum atomic E-state index is -1.20. The maximum Gasteiger partial charge on any atom is 0.282 e. The fraction of sp³-hybridized carbons (Fsp3) is 0.238. The SMILES string of the molecule is COC1CCC2(Oc3cccc4cccc(c34)O2)c2c(O)ccc(O)c21. The van der Waals surface area contributed by atoms with Crippen LogP contribution in [0.2, 0.25) is 0 Å². The Morgan fingerprint density at radius 3 is 2.27 bits per heavy atom. The van der Waals surface area contributed by atoms with Gasteiger partial charge in [0.2, 0.25) is 0 Å². The Hall–Kier alpha value is -2.92. The van der Waals surface area contributed by atoms with E-state index in [2.05, 4.69) is 0 Å². The molecule has 132 valence electrons. The number of ether oxygens (including phenoxy) is 3. The molecule has 0 fully saturated rings. The highest BCUT2D eigenvalue weighted by Crippen LogP contribution is 2.55. The molecule has 26 heavy (non-hydrogen) atoms. The lowest BCUT2D eigenvalue weighted by molar-refractivity contribution is -0.150. The lowest BCUT2D eigenvalue weighted by atomic mass is 9.82. The van der Waals surface area contributed by atoms with E-state index in [-0.39, 0.29) is 17.6 Å². The van der Waals surface area contributed by atoms with Crippen LogP contribution in [-0.2, 0) is 10.5 Å². The van der Waals surface area contributed by atoms with E-state index in [1.165, 1.54) is 12.1 Å². The molecular formula is C21H18O5. The van der Waals surface area contributed by atoms with E-state index < -0.39 is 5.79 Å². The summed E-state index contributed by atoms with van der Waals surface area (Å²) >= 11 is 0. The van der Waals surface area contributed by atoms with Crippen LogP contribution < -0.4 is 9.47 Å². The monoisotopic (exact) mass is 350 g/mol. The van der Waals surface area contributed by atoms with Crippen LogP contribution in [0, 0.1) is 0 Å². The third kappa shape index (κ3) is 1.95. The van der Waals surface area contributed by atoms with Crippen molar-refractivity contribution in [3.63, 3.8) is 0 Å². The predicted molar refractivity (Wildman–Crippen MR) is 95.6 cm³/mol. The number of hydrogen-bond donors (Lipinski definition) is 2. The Kier molecular flexibility index (Phi) is 3.12. The largest absolute Gasteiger partial charge is 0.508 e. The van der Waals surface area contributed by atoms with Gasteiger partial charge in [0.25, 0.3) is 5.79 Å². The van der Waals surface area contributed by atoms with Crippen molar-refractivity contribution >= 4 is 10.8 Å². The topological polar surface area (TPSA) is 68.2 Å². The van der Waals surface area contributed by atoms with Crippen molar-refractivity contribution in [2.75, 3.05) is 7.11 Å². The number of rotatable bonds is 1. The van der Waals surface area contributed by atoms with Crippen molar-refractivity contribution in [2.24, 2.45) is 0 Å². The molecular weight excluding hydrogens is 332 g/mol. The summed E-state index contributed by atoms with van der Waals surface area (Å²) in [5, 5.41) is 23.0. The summed E-state index contributed by atoms with van der Waals surface area (Å²) < 4.78 is 18.2. The highest BCUT2D eigenvalue weighted by atomic mass is 16.7. The van der Waals surface area contributed by atoms with Gasteiger partial charge >= 0.3 is 0 Å². The molecule has 1 spiro atoms. The lowest BCUT2D eigenvalue weighted by Crippen LogP contribution is -2.45. The van der Waals surface area contributed by atoms with Gasteiger partial charge < -0.3 is 24.4 Å². The average molecular weight is 350 g/mol. The van der Waals surface area contributed by atoms with Crippen molar-refractivity contribution in [1.29, 1.82) is 0 Å². The fourth-order valence-electron chi connectivity index (χ4n) is 4.17. The molecule has 5 heteroatoms. The van der Waals surface area contributed by atoms with E-state index in [0.717, 1.165) is 10.8 Å². The van der Waals surface area contributed by atoms with Gasteiger partial charge in [-0.3, -0.25) is 0 Å². The molecule has 1 atom stereocenters. The third-order valence-corrected chi connectivity index (χ3v) is 5.30. The molecule has 2 N–H and O–H groups in total. The third-order valence-electron chi connectivity index (χ3n) is 5.30. The molecule has 1 aliphatic carbocycles. The Morgan fingerprint density at radius 2 is 1.62 bits per heavy atom. The van der Waals surface area contributed by atoms with Crippen molar-refractivity contribution in [3.05, 3.63) is 59.7 Å². The smallest absolute Gasteiger partial charge is 0.282 e. The minimum Gasteiger partial charge on any atom is -0.508 e. The number of phenols is 2. The maximum atomic E-state index is 10.6. The normalized spacial score (nSPS) is 19.7. The minimum absolute atomic E-state index is 0.0195. The van der Waals surface area contributed by atoms with Crippen LogP contribution >= 0.6 is 0 Å². The summed E-state index contributed by atoms with van der Waals surface area (Å²) in [5.74, 6) is 0.289. The molecule has 2 aliphatic rings. The van der Waals surface area contributed by atoms with E-state index in [4.69, 9.17) is 14.2 Å². The van der Waals surface area contributed by atoms with E-state index >= 15 is 0 Å². The van der Waals surface area contributed by atoms with Crippen molar-refractivity contribution in [1.82, 2.24) is 0 Å². The number of phenolic OH excluding ortho intramolecular Hbond substituents is 2. The molecule has 5 nitrogen and oxygen atoms in total. The first-order chi connectivity index (χ1) is 12.6. The van der Waals surface area contributed by atoms with Gasteiger partial charge in [-0.2, -0.15) is 0 Å². The molecule has 5 rings (SSSR count). The van der Waals surface area contributed by atoms with Crippen LogP contribution in [0.15, 0.2) is 48.5 Å². The standard InChI is InChI=1S/C21H18O5/c1-24-15-10-11-21(20-14(23)9-8-13(22)19(15)20)25-16-6-2-4-12-5-3-7-17(26-21)18(12)16/h2-9,15,22-23H,10-11H2,1H3. The van der Waals surface area contributed by atoms with Crippen molar-refractivity contribution in [2.45, 2.75) is 24.7 Å². The number of benzene rings is 3. The highest BCUT2D eigenvalue weighted by molar-refractivity contribution is 5.94. The van der Waals surface area contributed by atoms with E-state index in [0.29, 0.717) is 35.5 Å². The van der Waals surface area contributed by atoms with Crippen LogP contribution in [0.3, 0.4) is 0 Å². The Labute approximate surface area is 150 Å². The zero-order chi connectivity index (χ0) is 17.9. The van der Waals surface area contributed by atoms with Gasteiger partial charge in [0.05, 0.1) is 17.1 Å². The second-order valence-electron chi connectivity index (χ2n) is 6.72. The Balaban J connectivity index is 1.76. The lowest BCUT2D eigenvalue weighted by Gasteiger charge is -2.44. The van der Waals surface area contributed by atoms with Crippen LogP contribution in [0.25, 0.3) is 10.8 Å². The summed E-state index contributed by atoms with van der Waals surface area (Å²) in [6, 6.07) is 14.6. The number of aromatic hydroxyl groups is 2. The average Bonchev–Trinajstić information content (AvgIpc) is 2.65. The van der Waals surface area contributed by atoms with Crippen molar-refractivity contribution in [3.8, 4) is 23.0 Å². The summed E-state index contributed by atoms with van der Waals surface area (Å²) in [4.78, 5) is 0. The fourth-order valence-corrected chi connectivity index (χ4v) is 4.17. The molecule has 0 aromatic heterocycles. The maximum absolute atomic E-state index is 10.6. The Bertz CT molecular complexity index is 986. The molecule has 3 aromatic rings. The van der Waals surface area contributed by atoms with Gasteiger partial charge in [-0.1, -0.05) is 24.3 Å². The Morgan fingerprint density at radius 1 is 0.962 bits per heavy atom. The van der Waals surface area contributed by atoms with Gasteiger partial charge in [-0.15, -0.1) is 0 Å². The number of methoxy groups -OCH3 is 1. The molecule has 1 aliphatic heterocycles. The number of fused-ring (bicyclic) bond motifs is 2. The van der Waals surface area contributed by atoms with E-state index in [9.17, 15) is 10.2 Å². The van der Waals surface area contributed by atoms with Gasteiger partial charge in [0.15, 0.2) is 0 Å². The molecule has 1 heterocycles. The van der Waals surface area contributed by atoms with Gasteiger partial charge in [0, 0.05) is 19.1 Å². The highest BCUT2D eigenvalue weighted by Gasteiger charge is 2.50. The molecule has 3 aromatic carbocycles. The van der Waals surface area contributed by atoms with Gasteiger partial charge in [0.1, 0.15) is 23.0 Å². The molecule has 0 saturated carbocycles.